The summed E-state index contributed by atoms with van der Waals surface area (Å²) in [4.78, 5) is 37.9. The minimum atomic E-state index is -4.64. The number of phosphoric ester groups is 1. The molecule has 0 spiro atoms. The quantitative estimate of drug-likeness (QED) is 0.0195. The fourth-order valence-electron chi connectivity index (χ4n) is 9.30. The van der Waals surface area contributed by atoms with Gasteiger partial charge in [-0.15, -0.1) is 0 Å². The molecule has 0 aliphatic heterocycles. The van der Waals surface area contributed by atoms with Crippen LogP contribution in [-0.4, -0.2) is 70.0 Å². The molecule has 80 heavy (non-hydrogen) atoms. The molecular formula is C70H126NO8P. The zero-order chi connectivity index (χ0) is 58.4. The molecule has 0 aromatic carbocycles. The Balaban J connectivity index is 3.94. The number of esters is 2. The van der Waals surface area contributed by atoms with Gasteiger partial charge in [-0.05, 0) is 89.9 Å². The summed E-state index contributed by atoms with van der Waals surface area (Å²) in [5.41, 5.74) is 0. The van der Waals surface area contributed by atoms with Crippen molar-refractivity contribution < 1.29 is 42.1 Å². The van der Waals surface area contributed by atoms with Gasteiger partial charge < -0.3 is 27.9 Å². The molecule has 2 atom stereocenters. The van der Waals surface area contributed by atoms with Crippen LogP contribution in [0.4, 0.5) is 0 Å². The Hall–Kier alpha value is -2.81. The lowest BCUT2D eigenvalue weighted by Gasteiger charge is -2.28. The van der Waals surface area contributed by atoms with Crippen LogP contribution in [0.3, 0.4) is 0 Å². The molecule has 0 fully saturated rings. The summed E-state index contributed by atoms with van der Waals surface area (Å²) >= 11 is 0. The molecule has 0 aromatic heterocycles. The largest absolute Gasteiger partial charge is 0.756 e. The van der Waals surface area contributed by atoms with Crippen molar-refractivity contribution in [1.29, 1.82) is 0 Å². The number of nitrogens with zero attached hydrogens (tertiary/aromatic N) is 1. The number of ether oxygens (including phenoxy) is 2. The molecule has 0 rings (SSSR count). The summed E-state index contributed by atoms with van der Waals surface area (Å²) in [5, 5.41) is 0. The van der Waals surface area contributed by atoms with Crippen molar-refractivity contribution in [2.75, 3.05) is 47.5 Å². The van der Waals surface area contributed by atoms with Gasteiger partial charge in [-0.1, -0.05) is 279 Å². The van der Waals surface area contributed by atoms with E-state index in [1.807, 2.05) is 21.1 Å². The average molecular weight is 1140 g/mol. The number of phosphoric acid groups is 1. The first-order valence-electron chi connectivity index (χ1n) is 33.3. The third-order valence-corrected chi connectivity index (χ3v) is 15.4. The molecule has 0 amide bonds. The maximum atomic E-state index is 12.8. The summed E-state index contributed by atoms with van der Waals surface area (Å²) in [6, 6.07) is 0. The first-order valence-corrected chi connectivity index (χ1v) is 34.8. The van der Waals surface area contributed by atoms with E-state index in [2.05, 4.69) is 98.9 Å². The lowest BCUT2D eigenvalue weighted by molar-refractivity contribution is -0.870. The minimum absolute atomic E-state index is 0.0327. The normalized spacial score (nSPS) is 13.7. The fraction of sp³-hybridized carbons (Fsp3) is 0.771. The van der Waals surface area contributed by atoms with Crippen molar-refractivity contribution in [2.24, 2.45) is 0 Å². The molecule has 0 saturated heterocycles. The second-order valence-corrected chi connectivity index (χ2v) is 24.9. The Bertz CT molecular complexity index is 1630. The number of likely N-dealkylation sites (N-methyl/N-ethyl adjacent to an activating group) is 1. The number of carbonyl (C=O) groups excluding carboxylic acids is 2. The van der Waals surface area contributed by atoms with Gasteiger partial charge in [-0.2, -0.15) is 0 Å². The van der Waals surface area contributed by atoms with Crippen LogP contribution in [0.2, 0.25) is 0 Å². The van der Waals surface area contributed by atoms with E-state index in [-0.39, 0.29) is 32.0 Å². The molecule has 10 heteroatoms. The van der Waals surface area contributed by atoms with Crippen molar-refractivity contribution in [3.8, 4) is 0 Å². The van der Waals surface area contributed by atoms with Crippen LogP contribution in [-0.2, 0) is 32.7 Å². The Morgan fingerprint density at radius 2 is 0.713 bits per heavy atom. The average Bonchev–Trinajstić information content (AvgIpc) is 3.42. The molecule has 0 N–H and O–H groups in total. The third kappa shape index (κ3) is 64.4. The van der Waals surface area contributed by atoms with Gasteiger partial charge in [0.15, 0.2) is 6.10 Å². The Morgan fingerprint density at radius 1 is 0.400 bits per heavy atom. The fourth-order valence-corrected chi connectivity index (χ4v) is 10.0. The van der Waals surface area contributed by atoms with Crippen molar-refractivity contribution >= 4 is 19.8 Å². The number of quaternary nitrogens is 1. The van der Waals surface area contributed by atoms with Crippen molar-refractivity contribution in [1.82, 2.24) is 0 Å². The second kappa shape index (κ2) is 60.8. The van der Waals surface area contributed by atoms with Crippen LogP contribution in [0.1, 0.15) is 296 Å². The van der Waals surface area contributed by atoms with E-state index in [0.717, 1.165) is 89.9 Å². The van der Waals surface area contributed by atoms with Crippen LogP contribution in [0.5, 0.6) is 0 Å². The molecule has 0 saturated carbocycles. The lowest BCUT2D eigenvalue weighted by atomic mass is 10.0. The summed E-state index contributed by atoms with van der Waals surface area (Å²) in [6.07, 6.45) is 82.4. The van der Waals surface area contributed by atoms with E-state index in [0.29, 0.717) is 17.4 Å². The first kappa shape index (κ1) is 77.2. The standard InChI is InChI=1S/C70H126NO8P/c1-6-8-10-12-14-16-18-20-22-24-25-26-27-28-29-30-31-32-33-34-35-36-37-38-39-40-41-42-43-44-45-47-49-51-53-55-57-59-61-63-70(73)79-68(67-78-80(74,75)77-65-64-71(3,4)5)66-76-69(72)62-60-58-56-54-52-50-48-46-23-21-19-17-15-13-11-9-7-2/h8,10,14-17,20-23,25-26,28-29,68H,6-7,9,11-13,18-19,24,27,30-67H2,1-5H3/b10-8-,16-14-,17-15-,22-20-,23-21-,26-25-,29-28-. The highest BCUT2D eigenvalue weighted by atomic mass is 31.2. The molecule has 2 unspecified atom stereocenters. The number of hydrogen-bond acceptors (Lipinski definition) is 8. The molecule has 0 radical (unpaired) electrons. The van der Waals surface area contributed by atoms with Gasteiger partial charge in [0, 0.05) is 12.8 Å². The van der Waals surface area contributed by atoms with E-state index < -0.39 is 26.5 Å². The lowest BCUT2D eigenvalue weighted by Crippen LogP contribution is -2.37. The minimum Gasteiger partial charge on any atom is -0.756 e. The summed E-state index contributed by atoms with van der Waals surface area (Å²) in [6.45, 7) is 4.12. The van der Waals surface area contributed by atoms with Gasteiger partial charge in [0.05, 0.1) is 27.7 Å². The van der Waals surface area contributed by atoms with Gasteiger partial charge in [-0.3, -0.25) is 14.2 Å². The van der Waals surface area contributed by atoms with E-state index in [1.165, 1.54) is 173 Å². The van der Waals surface area contributed by atoms with E-state index in [1.54, 1.807) is 0 Å². The van der Waals surface area contributed by atoms with Crippen LogP contribution in [0.25, 0.3) is 0 Å². The zero-order valence-corrected chi connectivity index (χ0v) is 53.7. The third-order valence-electron chi connectivity index (χ3n) is 14.4. The summed E-state index contributed by atoms with van der Waals surface area (Å²) in [7, 11) is 1.17. The molecule has 0 aliphatic carbocycles. The van der Waals surface area contributed by atoms with E-state index in [4.69, 9.17) is 18.5 Å². The van der Waals surface area contributed by atoms with Gasteiger partial charge in [0.2, 0.25) is 0 Å². The smallest absolute Gasteiger partial charge is 0.306 e. The predicted octanol–water partition coefficient (Wildman–Crippen LogP) is 20.7. The maximum absolute atomic E-state index is 12.8. The molecule has 464 valence electrons. The van der Waals surface area contributed by atoms with Gasteiger partial charge in [0.25, 0.3) is 7.82 Å². The van der Waals surface area contributed by atoms with Crippen LogP contribution >= 0.6 is 7.82 Å². The summed E-state index contributed by atoms with van der Waals surface area (Å²) in [5.74, 6) is -0.833. The van der Waals surface area contributed by atoms with Crippen molar-refractivity contribution in [3.63, 3.8) is 0 Å². The molecule has 0 aliphatic rings. The Labute approximate surface area is 494 Å². The Morgan fingerprint density at radius 3 is 1.06 bits per heavy atom. The first-order chi connectivity index (χ1) is 39.0. The molecular weight excluding hydrogens is 1010 g/mol. The number of allylic oxidation sites excluding steroid dienone is 14. The predicted molar refractivity (Wildman–Crippen MR) is 342 cm³/mol. The topological polar surface area (TPSA) is 111 Å². The van der Waals surface area contributed by atoms with Crippen LogP contribution in [0, 0.1) is 0 Å². The monoisotopic (exact) mass is 1140 g/mol. The van der Waals surface area contributed by atoms with Crippen LogP contribution in [0.15, 0.2) is 85.1 Å². The maximum Gasteiger partial charge on any atom is 0.306 e. The highest BCUT2D eigenvalue weighted by Gasteiger charge is 2.22. The van der Waals surface area contributed by atoms with E-state index >= 15 is 0 Å². The SMILES string of the molecule is CC/C=C\C/C=C\C/C=C\C/C=C\C/C=C\CCCCCCCCCCCCCCCCCCCCCCCCCC(=O)OC(COC(=O)CCCCCCCCC/C=C\C/C=C\CCCCC)COP(=O)([O-])OCC[N+](C)(C)C. The van der Waals surface area contributed by atoms with Crippen molar-refractivity contribution in [2.45, 2.75) is 302 Å². The number of carbonyl (C=O) groups is 2. The van der Waals surface area contributed by atoms with E-state index in [9.17, 15) is 19.0 Å². The zero-order valence-electron chi connectivity index (χ0n) is 52.8. The Kier molecular flexibility index (Phi) is 58.6. The van der Waals surface area contributed by atoms with Crippen LogP contribution < -0.4 is 4.89 Å². The highest BCUT2D eigenvalue weighted by Crippen LogP contribution is 2.38. The van der Waals surface area contributed by atoms with Crippen molar-refractivity contribution in [3.05, 3.63) is 85.1 Å². The molecule has 0 bridgehead atoms. The van der Waals surface area contributed by atoms with Gasteiger partial charge >= 0.3 is 11.9 Å². The number of unbranched alkanes of at least 4 members (excludes halogenated alkanes) is 33. The highest BCUT2D eigenvalue weighted by molar-refractivity contribution is 7.45. The summed E-state index contributed by atoms with van der Waals surface area (Å²) < 4.78 is 34.2. The van der Waals surface area contributed by atoms with Gasteiger partial charge in [-0.25, -0.2) is 0 Å². The van der Waals surface area contributed by atoms with Gasteiger partial charge in [0.1, 0.15) is 19.8 Å². The number of rotatable bonds is 61. The molecule has 0 aromatic rings. The molecule has 9 nitrogen and oxygen atoms in total. The number of hydrogen-bond donors (Lipinski definition) is 0. The second-order valence-electron chi connectivity index (χ2n) is 23.5. The molecule has 0 heterocycles.